The topological polar surface area (TPSA) is 62.1 Å². The monoisotopic (exact) mass is 308 g/mol. The fourth-order valence-electron chi connectivity index (χ4n) is 1.89. The van der Waals surface area contributed by atoms with E-state index in [1.165, 1.54) is 0 Å². The first-order valence-electron chi connectivity index (χ1n) is 7.22. The third-order valence-electron chi connectivity index (χ3n) is 2.98. The standard InChI is InChI=1S/C16H21ClN2O2/c1-2-3-4-11-21-15-6-5-14(17)12-13(15)8-10-19-16(20)7-9-18/h5-6,12H,2-4,7-8,10-11H2,1H3,(H,19,20). The Balaban J connectivity index is 2.52. The number of carbonyl (C=O) groups is 1. The first kappa shape index (κ1) is 17.3. The smallest absolute Gasteiger partial charge is 0.234 e. The summed E-state index contributed by atoms with van der Waals surface area (Å²) in [4.78, 5) is 11.2. The maximum absolute atomic E-state index is 11.2. The van der Waals surface area contributed by atoms with Crippen LogP contribution in [0, 0.1) is 11.3 Å². The van der Waals surface area contributed by atoms with E-state index in [-0.39, 0.29) is 12.3 Å². The van der Waals surface area contributed by atoms with E-state index in [9.17, 15) is 4.79 Å². The molecule has 0 bridgehead atoms. The van der Waals surface area contributed by atoms with Gasteiger partial charge in [-0.3, -0.25) is 4.79 Å². The number of amides is 1. The molecule has 21 heavy (non-hydrogen) atoms. The zero-order valence-electron chi connectivity index (χ0n) is 12.3. The van der Waals surface area contributed by atoms with Gasteiger partial charge in [-0.1, -0.05) is 31.4 Å². The molecule has 1 rings (SSSR count). The highest BCUT2D eigenvalue weighted by Crippen LogP contribution is 2.23. The van der Waals surface area contributed by atoms with Crippen molar-refractivity contribution in [2.45, 2.75) is 39.0 Å². The second-order valence-electron chi connectivity index (χ2n) is 4.74. The van der Waals surface area contributed by atoms with Crippen molar-refractivity contribution < 1.29 is 9.53 Å². The van der Waals surface area contributed by atoms with Crippen molar-refractivity contribution in [3.8, 4) is 11.8 Å². The summed E-state index contributed by atoms with van der Waals surface area (Å²) >= 11 is 6.01. The number of hydrogen-bond donors (Lipinski definition) is 1. The third kappa shape index (κ3) is 7.01. The molecule has 0 aliphatic rings. The van der Waals surface area contributed by atoms with Gasteiger partial charge in [-0.2, -0.15) is 5.26 Å². The molecular formula is C16H21ClN2O2. The van der Waals surface area contributed by atoms with Gasteiger partial charge in [0.2, 0.25) is 5.91 Å². The minimum atomic E-state index is -0.259. The average Bonchev–Trinajstić information content (AvgIpc) is 2.46. The van der Waals surface area contributed by atoms with Crippen LogP contribution in [-0.2, 0) is 11.2 Å². The van der Waals surface area contributed by atoms with Crippen LogP contribution in [0.15, 0.2) is 18.2 Å². The Morgan fingerprint density at radius 3 is 2.95 bits per heavy atom. The largest absolute Gasteiger partial charge is 0.493 e. The quantitative estimate of drug-likeness (QED) is 0.710. The Morgan fingerprint density at radius 1 is 1.43 bits per heavy atom. The highest BCUT2D eigenvalue weighted by atomic mass is 35.5. The van der Waals surface area contributed by atoms with Gasteiger partial charge in [0.25, 0.3) is 0 Å². The molecule has 0 unspecified atom stereocenters. The van der Waals surface area contributed by atoms with Crippen molar-refractivity contribution in [3.05, 3.63) is 28.8 Å². The van der Waals surface area contributed by atoms with E-state index in [2.05, 4.69) is 12.2 Å². The normalized spacial score (nSPS) is 9.95. The van der Waals surface area contributed by atoms with Crippen LogP contribution in [0.2, 0.25) is 5.02 Å². The van der Waals surface area contributed by atoms with Crippen molar-refractivity contribution in [2.75, 3.05) is 13.2 Å². The van der Waals surface area contributed by atoms with E-state index in [1.807, 2.05) is 18.2 Å². The molecule has 0 radical (unpaired) electrons. The molecule has 5 heteroatoms. The minimum absolute atomic E-state index is 0.115. The van der Waals surface area contributed by atoms with Crippen LogP contribution in [-0.4, -0.2) is 19.1 Å². The summed E-state index contributed by atoms with van der Waals surface area (Å²) in [6.45, 7) is 3.30. The Kier molecular flexibility index (Phi) is 8.30. The molecule has 1 aromatic carbocycles. The Bertz CT molecular complexity index is 498. The second-order valence-corrected chi connectivity index (χ2v) is 5.18. The molecule has 0 aliphatic heterocycles. The number of benzene rings is 1. The summed E-state index contributed by atoms with van der Waals surface area (Å²) in [5.41, 5.74) is 0.969. The van der Waals surface area contributed by atoms with E-state index in [4.69, 9.17) is 21.6 Å². The molecule has 1 amide bonds. The number of nitrogens with one attached hydrogen (secondary N) is 1. The predicted molar refractivity (Wildman–Crippen MR) is 83.4 cm³/mol. The van der Waals surface area contributed by atoms with Crippen molar-refractivity contribution in [2.24, 2.45) is 0 Å². The van der Waals surface area contributed by atoms with Crippen LogP contribution < -0.4 is 10.1 Å². The SMILES string of the molecule is CCCCCOc1ccc(Cl)cc1CCNC(=O)CC#N. The molecule has 0 atom stereocenters. The van der Waals surface area contributed by atoms with Gasteiger partial charge in [0.05, 0.1) is 12.7 Å². The zero-order chi connectivity index (χ0) is 15.5. The number of nitrogens with zero attached hydrogens (tertiary/aromatic N) is 1. The summed E-state index contributed by atoms with van der Waals surface area (Å²) in [5, 5.41) is 11.8. The number of hydrogen-bond acceptors (Lipinski definition) is 3. The lowest BCUT2D eigenvalue weighted by molar-refractivity contribution is -0.120. The van der Waals surface area contributed by atoms with Crippen LogP contribution >= 0.6 is 11.6 Å². The lowest BCUT2D eigenvalue weighted by Crippen LogP contribution is -2.25. The minimum Gasteiger partial charge on any atom is -0.493 e. The van der Waals surface area contributed by atoms with E-state index in [0.717, 1.165) is 30.6 Å². The molecule has 4 nitrogen and oxygen atoms in total. The van der Waals surface area contributed by atoms with Crippen LogP contribution in [0.5, 0.6) is 5.75 Å². The summed E-state index contributed by atoms with van der Waals surface area (Å²) in [6, 6.07) is 7.33. The first-order valence-corrected chi connectivity index (χ1v) is 7.60. The van der Waals surface area contributed by atoms with Crippen LogP contribution in [0.4, 0.5) is 0 Å². The van der Waals surface area contributed by atoms with Gasteiger partial charge in [-0.25, -0.2) is 0 Å². The van der Waals surface area contributed by atoms with Gasteiger partial charge >= 0.3 is 0 Å². The van der Waals surface area contributed by atoms with Crippen LogP contribution in [0.3, 0.4) is 0 Å². The Labute approximate surface area is 131 Å². The van der Waals surface area contributed by atoms with E-state index < -0.39 is 0 Å². The van der Waals surface area contributed by atoms with Gasteiger partial charge < -0.3 is 10.1 Å². The molecule has 0 aliphatic carbocycles. The second kappa shape index (κ2) is 10.1. The number of nitriles is 1. The van der Waals surface area contributed by atoms with Crippen LogP contribution in [0.25, 0.3) is 0 Å². The van der Waals surface area contributed by atoms with E-state index in [1.54, 1.807) is 6.07 Å². The fraction of sp³-hybridized carbons (Fsp3) is 0.500. The highest BCUT2D eigenvalue weighted by molar-refractivity contribution is 6.30. The number of carbonyl (C=O) groups excluding carboxylic acids is 1. The number of rotatable bonds is 9. The highest BCUT2D eigenvalue weighted by Gasteiger charge is 2.06. The fourth-order valence-corrected chi connectivity index (χ4v) is 2.08. The van der Waals surface area contributed by atoms with E-state index in [0.29, 0.717) is 24.6 Å². The van der Waals surface area contributed by atoms with Crippen molar-refractivity contribution in [1.82, 2.24) is 5.32 Å². The molecule has 0 saturated heterocycles. The van der Waals surface area contributed by atoms with Gasteiger partial charge in [-0.05, 0) is 36.6 Å². The number of halogens is 1. The summed E-state index contributed by atoms with van der Waals surface area (Å²) < 4.78 is 5.78. The van der Waals surface area contributed by atoms with Gasteiger partial charge in [0.15, 0.2) is 0 Å². The Morgan fingerprint density at radius 2 is 2.24 bits per heavy atom. The maximum atomic E-state index is 11.2. The number of unbranched alkanes of at least 4 members (excludes halogenated alkanes) is 2. The molecule has 0 saturated carbocycles. The van der Waals surface area contributed by atoms with Crippen molar-refractivity contribution in [1.29, 1.82) is 5.26 Å². The van der Waals surface area contributed by atoms with Crippen molar-refractivity contribution in [3.63, 3.8) is 0 Å². The molecule has 1 aromatic rings. The molecule has 0 heterocycles. The first-order chi connectivity index (χ1) is 10.2. The molecule has 1 N–H and O–H groups in total. The van der Waals surface area contributed by atoms with Crippen LogP contribution in [0.1, 0.15) is 38.2 Å². The summed E-state index contributed by atoms with van der Waals surface area (Å²) in [5.74, 6) is 0.551. The van der Waals surface area contributed by atoms with E-state index >= 15 is 0 Å². The molecule has 0 spiro atoms. The third-order valence-corrected chi connectivity index (χ3v) is 3.22. The lowest BCUT2D eigenvalue weighted by atomic mass is 10.1. The summed E-state index contributed by atoms with van der Waals surface area (Å²) in [7, 11) is 0. The predicted octanol–water partition coefficient (Wildman–Crippen LogP) is 3.48. The number of ether oxygens (including phenoxy) is 1. The van der Waals surface area contributed by atoms with Crippen molar-refractivity contribution >= 4 is 17.5 Å². The van der Waals surface area contributed by atoms with Gasteiger partial charge in [0, 0.05) is 11.6 Å². The summed E-state index contributed by atoms with van der Waals surface area (Å²) in [6.07, 6.45) is 3.84. The molecular weight excluding hydrogens is 288 g/mol. The molecule has 0 fully saturated rings. The molecule has 0 aromatic heterocycles. The maximum Gasteiger partial charge on any atom is 0.234 e. The Hall–Kier alpha value is -1.73. The van der Waals surface area contributed by atoms with Gasteiger partial charge in [0.1, 0.15) is 12.2 Å². The molecule has 114 valence electrons. The zero-order valence-corrected chi connectivity index (χ0v) is 13.1. The van der Waals surface area contributed by atoms with Gasteiger partial charge in [-0.15, -0.1) is 0 Å². The average molecular weight is 309 g/mol. The lowest BCUT2D eigenvalue weighted by Gasteiger charge is -2.12.